The molecule has 0 aromatic carbocycles. The summed E-state index contributed by atoms with van der Waals surface area (Å²) in [6, 6.07) is 0. The first-order valence-corrected chi connectivity index (χ1v) is 6.48. The van der Waals surface area contributed by atoms with Crippen LogP contribution in [0.5, 0.6) is 0 Å². The highest BCUT2D eigenvalue weighted by Crippen LogP contribution is 2.19. The number of ether oxygens (including phenoxy) is 3. The predicted octanol–water partition coefficient (Wildman–Crippen LogP) is 0.860. The predicted molar refractivity (Wildman–Crippen MR) is 73.9 cm³/mol. The quantitative estimate of drug-likeness (QED) is 0.442. The largest absolute Gasteiger partial charge is 0.456 e. The molecule has 1 saturated heterocycles. The summed E-state index contributed by atoms with van der Waals surface area (Å²) < 4.78 is 15.9. The average Bonchev–Trinajstić information content (AvgIpc) is 2.44. The fraction of sp³-hybridized carbons (Fsp3) is 0.571. The summed E-state index contributed by atoms with van der Waals surface area (Å²) >= 11 is 0. The van der Waals surface area contributed by atoms with Crippen LogP contribution in [0.2, 0.25) is 0 Å². The van der Waals surface area contributed by atoms with E-state index in [4.69, 9.17) is 19.0 Å². The third-order valence-electron chi connectivity index (χ3n) is 2.84. The Bertz CT molecular complexity index is 433. The van der Waals surface area contributed by atoms with Gasteiger partial charge >= 0.3 is 11.9 Å². The van der Waals surface area contributed by atoms with Crippen LogP contribution in [-0.4, -0.2) is 44.1 Å². The molecule has 0 aliphatic carbocycles. The van der Waals surface area contributed by atoms with E-state index in [2.05, 4.69) is 18.6 Å². The molecule has 0 aromatic rings. The van der Waals surface area contributed by atoms with Crippen LogP contribution in [0.1, 0.15) is 20.3 Å². The molecule has 118 valence electrons. The van der Waals surface area contributed by atoms with Crippen LogP contribution in [0.4, 0.5) is 0 Å². The lowest BCUT2D eigenvalue weighted by Crippen LogP contribution is -2.51. The number of carbonyl (C=O) groups excluding carboxylic acids is 2. The Morgan fingerprint density at radius 3 is 2.33 bits per heavy atom. The molecule has 0 amide bonds. The Hall–Kier alpha value is -1.70. The van der Waals surface area contributed by atoms with Gasteiger partial charge in [0.2, 0.25) is 0 Å². The second-order valence-corrected chi connectivity index (χ2v) is 4.86. The third kappa shape index (κ3) is 5.30. The second-order valence-electron chi connectivity index (χ2n) is 4.86. The number of methoxy groups -OCH3 is 1. The number of esters is 1. The van der Waals surface area contributed by atoms with E-state index in [9.17, 15) is 9.59 Å². The van der Waals surface area contributed by atoms with Gasteiger partial charge in [-0.15, -0.1) is 5.48 Å². The van der Waals surface area contributed by atoms with Crippen molar-refractivity contribution < 1.29 is 28.6 Å². The lowest BCUT2D eigenvalue weighted by Gasteiger charge is -2.34. The molecule has 1 aliphatic heterocycles. The number of hydrogen-bond donors (Lipinski definition) is 1. The fourth-order valence-electron chi connectivity index (χ4n) is 1.63. The number of rotatable bonds is 6. The molecule has 7 nitrogen and oxygen atoms in total. The van der Waals surface area contributed by atoms with E-state index < -0.39 is 30.4 Å². The van der Waals surface area contributed by atoms with Crippen LogP contribution in [-0.2, 0) is 28.6 Å². The van der Waals surface area contributed by atoms with Gasteiger partial charge in [0.25, 0.3) is 0 Å². The summed E-state index contributed by atoms with van der Waals surface area (Å²) in [6.07, 6.45) is -1.09. The minimum Gasteiger partial charge on any atom is -0.456 e. The zero-order valence-corrected chi connectivity index (χ0v) is 12.5. The van der Waals surface area contributed by atoms with Gasteiger partial charge in [0.15, 0.2) is 6.23 Å². The molecule has 0 spiro atoms. The Morgan fingerprint density at radius 2 is 1.81 bits per heavy atom. The van der Waals surface area contributed by atoms with Crippen molar-refractivity contribution >= 4 is 11.9 Å². The van der Waals surface area contributed by atoms with Crippen LogP contribution in [0.25, 0.3) is 0 Å². The lowest BCUT2D eigenvalue weighted by atomic mass is 10.1. The zero-order valence-electron chi connectivity index (χ0n) is 12.5. The van der Waals surface area contributed by atoms with Gasteiger partial charge in [-0.1, -0.05) is 13.2 Å². The molecule has 1 aliphatic rings. The first-order chi connectivity index (χ1) is 9.85. The fourth-order valence-corrected chi connectivity index (χ4v) is 1.63. The van der Waals surface area contributed by atoms with Crippen LogP contribution in [0, 0.1) is 0 Å². The van der Waals surface area contributed by atoms with E-state index in [-0.39, 0.29) is 12.2 Å². The number of carbonyl (C=O) groups is 2. The van der Waals surface area contributed by atoms with Crippen molar-refractivity contribution in [2.24, 2.45) is 0 Å². The molecule has 2 unspecified atom stereocenters. The van der Waals surface area contributed by atoms with Crippen molar-refractivity contribution in [2.75, 3.05) is 13.7 Å². The van der Waals surface area contributed by atoms with Gasteiger partial charge in [-0.3, -0.25) is 0 Å². The van der Waals surface area contributed by atoms with Crippen molar-refractivity contribution in [3.63, 3.8) is 0 Å². The van der Waals surface area contributed by atoms with E-state index in [0.717, 1.165) is 0 Å². The Labute approximate surface area is 123 Å². The van der Waals surface area contributed by atoms with E-state index in [1.54, 1.807) is 6.92 Å². The number of hydrogen-bond acceptors (Lipinski definition) is 7. The highest BCUT2D eigenvalue weighted by molar-refractivity contribution is 5.87. The maximum Gasteiger partial charge on any atom is 0.351 e. The molecule has 1 heterocycles. The zero-order chi connectivity index (χ0) is 16.0. The van der Waals surface area contributed by atoms with E-state index >= 15 is 0 Å². The summed E-state index contributed by atoms with van der Waals surface area (Å²) in [7, 11) is 1.49. The molecule has 0 bridgehead atoms. The number of hydroxylamine groups is 1. The molecule has 0 saturated carbocycles. The summed E-state index contributed by atoms with van der Waals surface area (Å²) in [5.74, 6) is -1.05. The molecule has 1 N–H and O–H groups in total. The van der Waals surface area contributed by atoms with Gasteiger partial charge in [-0.2, -0.15) is 0 Å². The molecular formula is C14H21NO6. The summed E-state index contributed by atoms with van der Waals surface area (Å²) in [4.78, 5) is 27.6. The molecule has 0 radical (unpaired) electrons. The molecule has 1 rings (SSSR count). The third-order valence-corrected chi connectivity index (χ3v) is 2.84. The Kier molecular flexibility index (Phi) is 6.54. The number of nitrogens with one attached hydrogen (secondary N) is 1. The maximum atomic E-state index is 11.5. The maximum absolute atomic E-state index is 11.5. The minimum atomic E-state index is -0.641. The van der Waals surface area contributed by atoms with Crippen LogP contribution < -0.4 is 5.48 Å². The lowest BCUT2D eigenvalue weighted by molar-refractivity contribution is -0.202. The Morgan fingerprint density at radius 1 is 1.19 bits per heavy atom. The van der Waals surface area contributed by atoms with Crippen molar-refractivity contribution in [2.45, 2.75) is 38.7 Å². The summed E-state index contributed by atoms with van der Waals surface area (Å²) in [5, 5.41) is 0. The Balaban J connectivity index is 2.49. The smallest absolute Gasteiger partial charge is 0.351 e. The van der Waals surface area contributed by atoms with E-state index in [1.165, 1.54) is 14.0 Å². The van der Waals surface area contributed by atoms with Crippen LogP contribution in [0.15, 0.2) is 24.3 Å². The van der Waals surface area contributed by atoms with Gasteiger partial charge < -0.3 is 19.0 Å². The van der Waals surface area contributed by atoms with E-state index in [0.29, 0.717) is 12.0 Å². The van der Waals surface area contributed by atoms with Gasteiger partial charge in [-0.25, -0.2) is 9.59 Å². The molecule has 7 heteroatoms. The average molecular weight is 299 g/mol. The highest BCUT2D eigenvalue weighted by Gasteiger charge is 2.34. The van der Waals surface area contributed by atoms with Crippen molar-refractivity contribution in [1.82, 2.24) is 5.48 Å². The molecule has 1 fully saturated rings. The molecule has 3 atom stereocenters. The van der Waals surface area contributed by atoms with E-state index in [1.807, 2.05) is 0 Å². The molecular weight excluding hydrogens is 278 g/mol. The topological polar surface area (TPSA) is 83.1 Å². The standard InChI is InChI=1S/C14H21NO6/c1-8(2)13(16)20-10-6-11(18-5)12(19-7-10)15-21-14(17)9(3)4/h10-12,15H,1,3,6-7H2,2,4-5H3/t10-,11?,12?/m0/s1. The monoisotopic (exact) mass is 299 g/mol. The van der Waals surface area contributed by atoms with Gasteiger partial charge in [0, 0.05) is 24.7 Å². The normalized spacial score (nSPS) is 25.0. The van der Waals surface area contributed by atoms with Gasteiger partial charge in [0.1, 0.15) is 12.2 Å². The van der Waals surface area contributed by atoms with Crippen molar-refractivity contribution in [1.29, 1.82) is 0 Å². The minimum absolute atomic E-state index is 0.168. The van der Waals surface area contributed by atoms with Crippen LogP contribution >= 0.6 is 0 Å². The first kappa shape index (κ1) is 17.4. The van der Waals surface area contributed by atoms with Crippen molar-refractivity contribution in [3.8, 4) is 0 Å². The summed E-state index contributed by atoms with van der Waals surface area (Å²) in [5.41, 5.74) is 3.07. The first-order valence-electron chi connectivity index (χ1n) is 6.48. The van der Waals surface area contributed by atoms with Gasteiger partial charge in [0.05, 0.1) is 6.61 Å². The van der Waals surface area contributed by atoms with Gasteiger partial charge in [-0.05, 0) is 13.8 Å². The second kappa shape index (κ2) is 7.92. The van der Waals surface area contributed by atoms with Crippen LogP contribution in [0.3, 0.4) is 0 Å². The molecule has 21 heavy (non-hydrogen) atoms. The van der Waals surface area contributed by atoms with Crippen molar-refractivity contribution in [3.05, 3.63) is 24.3 Å². The highest BCUT2D eigenvalue weighted by atomic mass is 16.7. The summed E-state index contributed by atoms with van der Waals surface area (Å²) in [6.45, 7) is 10.3. The molecule has 0 aromatic heterocycles. The SMILES string of the molecule is C=C(C)C(=O)ONC1OC[C@@H](OC(=O)C(=C)C)CC1OC.